The van der Waals surface area contributed by atoms with Crippen LogP contribution in [0.2, 0.25) is 0 Å². The van der Waals surface area contributed by atoms with Gasteiger partial charge in [0.15, 0.2) is 0 Å². The van der Waals surface area contributed by atoms with Crippen molar-refractivity contribution in [3.05, 3.63) is 101 Å². The molecule has 0 saturated carbocycles. The Labute approximate surface area is 194 Å². The van der Waals surface area contributed by atoms with Gasteiger partial charge in [-0.3, -0.25) is 4.79 Å². The van der Waals surface area contributed by atoms with Crippen LogP contribution in [0.3, 0.4) is 0 Å². The molecule has 0 fully saturated rings. The van der Waals surface area contributed by atoms with Crippen LogP contribution in [0.1, 0.15) is 59.9 Å². The molecule has 1 unspecified atom stereocenters. The summed E-state index contributed by atoms with van der Waals surface area (Å²) in [5, 5.41) is 2.92. The number of nitrogens with zero attached hydrogens (tertiary/aromatic N) is 2. The normalized spacial score (nSPS) is 12.1. The van der Waals surface area contributed by atoms with Crippen LogP contribution in [0.4, 0.5) is 4.39 Å². The number of aromatic nitrogens is 2. The number of carbonyl (C=O) groups excluding carboxylic acids is 1. The van der Waals surface area contributed by atoms with Crippen LogP contribution in [0, 0.1) is 5.82 Å². The molecule has 0 radical (unpaired) electrons. The van der Waals surface area contributed by atoms with Gasteiger partial charge in [0.05, 0.1) is 11.0 Å². The van der Waals surface area contributed by atoms with E-state index >= 15 is 0 Å². The highest BCUT2D eigenvalue weighted by Crippen LogP contribution is 2.22. The zero-order valence-corrected chi connectivity index (χ0v) is 19.2. The highest BCUT2D eigenvalue weighted by Gasteiger charge is 2.12. The summed E-state index contributed by atoms with van der Waals surface area (Å²) in [4.78, 5) is 17.1. The third kappa shape index (κ3) is 5.48. The van der Waals surface area contributed by atoms with Crippen molar-refractivity contribution in [2.24, 2.45) is 0 Å². The van der Waals surface area contributed by atoms with Crippen LogP contribution >= 0.6 is 0 Å². The van der Waals surface area contributed by atoms with Crippen molar-refractivity contribution in [1.82, 2.24) is 14.9 Å². The van der Waals surface area contributed by atoms with Gasteiger partial charge in [0.25, 0.3) is 5.91 Å². The van der Waals surface area contributed by atoms with Crippen molar-refractivity contribution in [3.8, 4) is 0 Å². The summed E-state index contributed by atoms with van der Waals surface area (Å²) in [6.45, 7) is 5.76. The predicted molar refractivity (Wildman–Crippen MR) is 131 cm³/mol. The van der Waals surface area contributed by atoms with E-state index in [0.29, 0.717) is 18.0 Å². The lowest BCUT2D eigenvalue weighted by Gasteiger charge is -2.12. The second-order valence-electron chi connectivity index (χ2n) is 8.52. The summed E-state index contributed by atoms with van der Waals surface area (Å²) in [5.41, 5.74) is 5.18. The smallest absolute Gasteiger partial charge is 0.251 e. The predicted octanol–water partition coefficient (Wildman–Crippen LogP) is 6.10. The van der Waals surface area contributed by atoms with Gasteiger partial charge in [0.2, 0.25) is 0 Å². The van der Waals surface area contributed by atoms with Crippen LogP contribution in [0.5, 0.6) is 0 Å². The minimum Gasteiger partial charge on any atom is -0.352 e. The molecule has 0 bridgehead atoms. The molecule has 1 atom stereocenters. The molecule has 0 aliphatic heterocycles. The van der Waals surface area contributed by atoms with Crippen LogP contribution in [0.15, 0.2) is 72.8 Å². The van der Waals surface area contributed by atoms with E-state index in [0.717, 1.165) is 42.7 Å². The molecule has 0 aliphatic carbocycles. The molecule has 4 rings (SSSR count). The Hall–Kier alpha value is -3.47. The first-order chi connectivity index (χ1) is 16.0. The fourth-order valence-corrected chi connectivity index (χ4v) is 4.01. The molecule has 4 nitrogen and oxygen atoms in total. The monoisotopic (exact) mass is 443 g/mol. The summed E-state index contributed by atoms with van der Waals surface area (Å²) >= 11 is 0. The zero-order chi connectivity index (χ0) is 23.2. The lowest BCUT2D eigenvalue weighted by molar-refractivity contribution is 0.0953. The molecule has 4 aromatic rings. The topological polar surface area (TPSA) is 46.9 Å². The van der Waals surface area contributed by atoms with E-state index in [1.807, 2.05) is 18.2 Å². The van der Waals surface area contributed by atoms with Crippen molar-refractivity contribution in [2.45, 2.75) is 45.6 Å². The first-order valence-corrected chi connectivity index (χ1v) is 11.6. The van der Waals surface area contributed by atoms with Crippen molar-refractivity contribution >= 4 is 16.9 Å². The van der Waals surface area contributed by atoms with Crippen molar-refractivity contribution in [1.29, 1.82) is 0 Å². The number of hydrogen-bond acceptors (Lipinski definition) is 2. The van der Waals surface area contributed by atoms with Crippen LogP contribution in [-0.2, 0) is 13.0 Å². The minimum atomic E-state index is -0.347. The van der Waals surface area contributed by atoms with E-state index in [1.165, 1.54) is 35.4 Å². The average molecular weight is 444 g/mol. The highest BCUT2D eigenvalue weighted by atomic mass is 19.1. The number of nitrogens with one attached hydrogen (secondary N) is 1. The van der Waals surface area contributed by atoms with E-state index in [-0.39, 0.29) is 11.7 Å². The number of benzene rings is 3. The van der Waals surface area contributed by atoms with Gasteiger partial charge in [-0.05, 0) is 66.3 Å². The summed E-state index contributed by atoms with van der Waals surface area (Å²) < 4.78 is 15.3. The molecule has 33 heavy (non-hydrogen) atoms. The number of halogens is 1. The number of imidazole rings is 1. The molecule has 1 N–H and O–H groups in total. The summed E-state index contributed by atoms with van der Waals surface area (Å²) in [7, 11) is 0. The van der Waals surface area contributed by atoms with E-state index in [4.69, 9.17) is 4.98 Å². The molecule has 0 aliphatic rings. The van der Waals surface area contributed by atoms with Gasteiger partial charge in [-0.1, -0.05) is 50.2 Å². The average Bonchev–Trinajstić information content (AvgIpc) is 3.19. The Morgan fingerprint density at radius 3 is 2.48 bits per heavy atom. The molecule has 0 spiro atoms. The quantitative estimate of drug-likeness (QED) is 0.318. The minimum absolute atomic E-state index is 0.190. The van der Waals surface area contributed by atoms with E-state index < -0.39 is 0 Å². The van der Waals surface area contributed by atoms with Gasteiger partial charge in [-0.2, -0.15) is 0 Å². The molecular formula is C28H30FN3O. The Balaban J connectivity index is 1.43. The Bertz CT molecular complexity index is 1210. The lowest BCUT2D eigenvalue weighted by atomic mass is 9.97. The number of hydrogen-bond donors (Lipinski definition) is 1. The number of carbonyl (C=O) groups is 1. The SMILES string of the molecule is CCC(C)c1ccc(Cn2c(CCCNC(=O)c3ccc(F)cc3)nc3ccccc32)cc1. The molecule has 1 heterocycles. The molecule has 3 aromatic carbocycles. The summed E-state index contributed by atoms with van der Waals surface area (Å²) in [6.07, 6.45) is 2.65. The molecule has 170 valence electrons. The van der Waals surface area contributed by atoms with Crippen LogP contribution < -0.4 is 5.32 Å². The maximum Gasteiger partial charge on any atom is 0.251 e. The largest absolute Gasteiger partial charge is 0.352 e. The van der Waals surface area contributed by atoms with Gasteiger partial charge < -0.3 is 9.88 Å². The van der Waals surface area contributed by atoms with Gasteiger partial charge in [0, 0.05) is 25.1 Å². The maximum atomic E-state index is 13.1. The fraction of sp³-hybridized carbons (Fsp3) is 0.286. The van der Waals surface area contributed by atoms with Gasteiger partial charge >= 0.3 is 0 Å². The fourth-order valence-electron chi connectivity index (χ4n) is 4.01. The lowest BCUT2D eigenvalue weighted by Crippen LogP contribution is -2.25. The third-order valence-corrected chi connectivity index (χ3v) is 6.20. The highest BCUT2D eigenvalue weighted by molar-refractivity contribution is 5.94. The molecule has 1 amide bonds. The molecule has 5 heteroatoms. The number of aryl methyl sites for hydroxylation is 1. The summed E-state index contributed by atoms with van der Waals surface area (Å²) in [6, 6.07) is 22.7. The Morgan fingerprint density at radius 1 is 1.03 bits per heavy atom. The first-order valence-electron chi connectivity index (χ1n) is 11.6. The van der Waals surface area contributed by atoms with Crippen LogP contribution in [-0.4, -0.2) is 22.0 Å². The number of para-hydroxylation sites is 2. The van der Waals surface area contributed by atoms with Crippen molar-refractivity contribution in [3.63, 3.8) is 0 Å². The van der Waals surface area contributed by atoms with Gasteiger partial charge in [-0.25, -0.2) is 9.37 Å². The molecule has 1 aromatic heterocycles. The van der Waals surface area contributed by atoms with E-state index in [2.05, 4.69) is 54.1 Å². The second-order valence-corrected chi connectivity index (χ2v) is 8.52. The maximum absolute atomic E-state index is 13.1. The zero-order valence-electron chi connectivity index (χ0n) is 19.2. The van der Waals surface area contributed by atoms with Crippen LogP contribution in [0.25, 0.3) is 11.0 Å². The first kappa shape index (κ1) is 22.7. The number of amides is 1. The molecule has 0 saturated heterocycles. The van der Waals surface area contributed by atoms with E-state index in [9.17, 15) is 9.18 Å². The second kappa shape index (κ2) is 10.4. The number of fused-ring (bicyclic) bond motifs is 1. The summed E-state index contributed by atoms with van der Waals surface area (Å²) in [5.74, 6) is 1.04. The van der Waals surface area contributed by atoms with Gasteiger partial charge in [-0.15, -0.1) is 0 Å². The van der Waals surface area contributed by atoms with Crippen molar-refractivity contribution in [2.75, 3.05) is 6.54 Å². The van der Waals surface area contributed by atoms with Gasteiger partial charge in [0.1, 0.15) is 11.6 Å². The molecular weight excluding hydrogens is 413 g/mol. The standard InChI is InChI=1S/C28H30FN3O/c1-3-20(2)22-12-10-21(11-13-22)19-32-26-8-5-4-7-25(26)31-27(32)9-6-18-30-28(33)23-14-16-24(29)17-15-23/h4-5,7-8,10-17,20H,3,6,9,18-19H2,1-2H3,(H,30,33). The Kier molecular flexibility index (Phi) is 7.18. The van der Waals surface area contributed by atoms with E-state index in [1.54, 1.807) is 0 Å². The van der Waals surface area contributed by atoms with Crippen molar-refractivity contribution < 1.29 is 9.18 Å². The third-order valence-electron chi connectivity index (χ3n) is 6.20. The number of rotatable bonds is 9. The Morgan fingerprint density at radius 2 is 1.76 bits per heavy atom.